The standard InChI is InChI=1S/C21H27ClN4O2/c1-5-14(3)19(21(23)28)24-18(27)11-10-17-15(4)25-26(20(17)22)12-16-8-6-13(2)7-9-16/h6-11,14,19H,5,12H2,1-4H3,(H2,23,28)(H,24,27)/b11-10+. The molecule has 2 aromatic rings. The zero-order valence-corrected chi connectivity index (χ0v) is 17.5. The second kappa shape index (κ2) is 9.55. The number of hydrogen-bond donors (Lipinski definition) is 2. The van der Waals surface area contributed by atoms with Crippen LogP contribution >= 0.6 is 11.6 Å². The molecule has 0 aliphatic heterocycles. The van der Waals surface area contributed by atoms with Crippen LogP contribution in [0.25, 0.3) is 6.08 Å². The Kier molecular flexibility index (Phi) is 7.40. The average molecular weight is 403 g/mol. The number of rotatable bonds is 8. The molecule has 7 heteroatoms. The summed E-state index contributed by atoms with van der Waals surface area (Å²) < 4.78 is 1.70. The zero-order valence-electron chi connectivity index (χ0n) is 16.7. The summed E-state index contributed by atoms with van der Waals surface area (Å²) in [6.07, 6.45) is 3.69. The van der Waals surface area contributed by atoms with E-state index in [4.69, 9.17) is 17.3 Å². The smallest absolute Gasteiger partial charge is 0.244 e. The molecule has 6 nitrogen and oxygen atoms in total. The van der Waals surface area contributed by atoms with Gasteiger partial charge in [-0.25, -0.2) is 4.68 Å². The van der Waals surface area contributed by atoms with E-state index in [1.54, 1.807) is 10.8 Å². The minimum atomic E-state index is -0.706. The molecule has 0 saturated carbocycles. The van der Waals surface area contributed by atoms with Crippen molar-refractivity contribution in [2.75, 3.05) is 0 Å². The number of amides is 2. The fourth-order valence-corrected chi connectivity index (χ4v) is 3.11. The molecule has 0 saturated heterocycles. The van der Waals surface area contributed by atoms with Crippen LogP contribution in [-0.4, -0.2) is 27.6 Å². The van der Waals surface area contributed by atoms with Crippen molar-refractivity contribution in [3.8, 4) is 0 Å². The molecule has 0 spiro atoms. The van der Waals surface area contributed by atoms with Gasteiger partial charge in [0.1, 0.15) is 11.2 Å². The Labute approximate surface area is 170 Å². The number of aromatic nitrogens is 2. The van der Waals surface area contributed by atoms with Gasteiger partial charge in [0.2, 0.25) is 11.8 Å². The van der Waals surface area contributed by atoms with Crippen LogP contribution in [0, 0.1) is 19.8 Å². The number of nitrogens with zero attached hydrogens (tertiary/aromatic N) is 2. The molecule has 28 heavy (non-hydrogen) atoms. The van der Waals surface area contributed by atoms with E-state index in [9.17, 15) is 9.59 Å². The van der Waals surface area contributed by atoms with Crippen LogP contribution in [0.2, 0.25) is 5.15 Å². The quantitative estimate of drug-likeness (QED) is 0.664. The monoisotopic (exact) mass is 402 g/mol. The minimum Gasteiger partial charge on any atom is -0.368 e. The van der Waals surface area contributed by atoms with Gasteiger partial charge in [0.15, 0.2) is 0 Å². The fourth-order valence-electron chi connectivity index (χ4n) is 2.82. The van der Waals surface area contributed by atoms with E-state index < -0.39 is 17.9 Å². The van der Waals surface area contributed by atoms with Gasteiger partial charge in [-0.3, -0.25) is 9.59 Å². The zero-order chi connectivity index (χ0) is 20.8. The number of halogens is 1. The minimum absolute atomic E-state index is 0.0440. The SMILES string of the molecule is CCC(C)C(NC(=O)/C=C/c1c(C)nn(Cc2ccc(C)cc2)c1Cl)C(N)=O. The molecule has 0 aliphatic rings. The molecule has 0 fully saturated rings. The first-order valence-corrected chi connectivity index (χ1v) is 9.67. The Morgan fingerprint density at radius 2 is 1.93 bits per heavy atom. The summed E-state index contributed by atoms with van der Waals surface area (Å²) in [6, 6.07) is 7.44. The topological polar surface area (TPSA) is 90.0 Å². The lowest BCUT2D eigenvalue weighted by atomic mass is 9.98. The molecule has 0 aliphatic carbocycles. The molecule has 1 aromatic carbocycles. The van der Waals surface area contributed by atoms with Gasteiger partial charge in [0.05, 0.1) is 12.2 Å². The molecule has 3 N–H and O–H groups in total. The predicted molar refractivity (Wildman–Crippen MR) is 112 cm³/mol. The molecule has 2 rings (SSSR count). The summed E-state index contributed by atoms with van der Waals surface area (Å²) in [6.45, 7) is 8.22. The largest absolute Gasteiger partial charge is 0.368 e. The number of nitrogens with one attached hydrogen (secondary N) is 1. The first-order chi connectivity index (χ1) is 13.2. The van der Waals surface area contributed by atoms with E-state index in [1.807, 2.05) is 52.0 Å². The number of benzene rings is 1. The van der Waals surface area contributed by atoms with Gasteiger partial charge in [-0.15, -0.1) is 0 Å². The van der Waals surface area contributed by atoms with Crippen molar-refractivity contribution in [3.05, 3.63) is 57.9 Å². The Morgan fingerprint density at radius 1 is 1.29 bits per heavy atom. The summed E-state index contributed by atoms with van der Waals surface area (Å²) in [4.78, 5) is 23.8. The van der Waals surface area contributed by atoms with Gasteiger partial charge in [-0.05, 0) is 31.4 Å². The summed E-state index contributed by atoms with van der Waals surface area (Å²) in [5, 5.41) is 7.58. The van der Waals surface area contributed by atoms with Crippen molar-refractivity contribution in [1.82, 2.24) is 15.1 Å². The van der Waals surface area contributed by atoms with Crippen molar-refractivity contribution in [3.63, 3.8) is 0 Å². The molecule has 2 amide bonds. The van der Waals surface area contributed by atoms with E-state index in [-0.39, 0.29) is 5.92 Å². The Morgan fingerprint density at radius 3 is 2.50 bits per heavy atom. The summed E-state index contributed by atoms with van der Waals surface area (Å²) in [5.41, 5.74) is 9.05. The van der Waals surface area contributed by atoms with Crippen molar-refractivity contribution < 1.29 is 9.59 Å². The lowest BCUT2D eigenvalue weighted by Crippen LogP contribution is -2.47. The van der Waals surface area contributed by atoms with Gasteiger partial charge in [0, 0.05) is 11.6 Å². The highest BCUT2D eigenvalue weighted by molar-refractivity contribution is 6.31. The number of aryl methyl sites for hydroxylation is 2. The number of carbonyl (C=O) groups is 2. The maximum Gasteiger partial charge on any atom is 0.244 e. The third kappa shape index (κ3) is 5.45. The predicted octanol–water partition coefficient (Wildman–Crippen LogP) is 3.23. The first-order valence-electron chi connectivity index (χ1n) is 9.29. The summed E-state index contributed by atoms with van der Waals surface area (Å²) in [5.74, 6) is -0.987. The van der Waals surface area contributed by atoms with Gasteiger partial charge in [-0.2, -0.15) is 5.10 Å². The van der Waals surface area contributed by atoms with E-state index in [0.29, 0.717) is 17.3 Å². The maximum atomic E-state index is 12.2. The molecule has 150 valence electrons. The molecular formula is C21H27ClN4O2. The van der Waals surface area contributed by atoms with E-state index in [0.717, 1.165) is 17.7 Å². The van der Waals surface area contributed by atoms with Gasteiger partial charge in [0.25, 0.3) is 0 Å². The highest BCUT2D eigenvalue weighted by atomic mass is 35.5. The van der Waals surface area contributed by atoms with Crippen LogP contribution in [0.3, 0.4) is 0 Å². The van der Waals surface area contributed by atoms with Crippen LogP contribution < -0.4 is 11.1 Å². The van der Waals surface area contributed by atoms with Crippen molar-refractivity contribution in [1.29, 1.82) is 0 Å². The van der Waals surface area contributed by atoms with E-state index >= 15 is 0 Å². The molecule has 2 unspecified atom stereocenters. The van der Waals surface area contributed by atoms with Crippen molar-refractivity contribution >= 4 is 29.5 Å². The second-order valence-electron chi connectivity index (χ2n) is 7.04. The van der Waals surface area contributed by atoms with E-state index in [1.165, 1.54) is 11.6 Å². The highest BCUT2D eigenvalue weighted by Crippen LogP contribution is 2.22. The van der Waals surface area contributed by atoms with Crippen molar-refractivity contribution in [2.45, 2.75) is 46.7 Å². The fraction of sp³-hybridized carbons (Fsp3) is 0.381. The van der Waals surface area contributed by atoms with Gasteiger partial charge in [-0.1, -0.05) is 61.7 Å². The Balaban J connectivity index is 2.13. The Hall–Kier alpha value is -2.60. The molecule has 0 radical (unpaired) electrons. The summed E-state index contributed by atoms with van der Waals surface area (Å²) >= 11 is 6.47. The molecule has 1 aromatic heterocycles. The van der Waals surface area contributed by atoms with Gasteiger partial charge < -0.3 is 11.1 Å². The number of primary amides is 1. The second-order valence-corrected chi connectivity index (χ2v) is 7.40. The van der Waals surface area contributed by atoms with Crippen molar-refractivity contribution in [2.24, 2.45) is 11.7 Å². The van der Waals surface area contributed by atoms with Crippen LogP contribution in [0.15, 0.2) is 30.3 Å². The van der Waals surface area contributed by atoms with Crippen LogP contribution in [-0.2, 0) is 16.1 Å². The number of hydrogen-bond acceptors (Lipinski definition) is 3. The molecule has 2 atom stereocenters. The lowest BCUT2D eigenvalue weighted by Gasteiger charge is -2.20. The molecular weight excluding hydrogens is 376 g/mol. The third-order valence-corrected chi connectivity index (χ3v) is 5.18. The van der Waals surface area contributed by atoms with Crippen LogP contribution in [0.1, 0.15) is 42.7 Å². The normalized spacial score (nSPS) is 13.5. The number of nitrogens with two attached hydrogens (primary N) is 1. The third-order valence-electron chi connectivity index (χ3n) is 4.78. The van der Waals surface area contributed by atoms with Crippen LogP contribution in [0.5, 0.6) is 0 Å². The van der Waals surface area contributed by atoms with Crippen LogP contribution in [0.4, 0.5) is 0 Å². The average Bonchev–Trinajstić information content (AvgIpc) is 2.92. The molecule has 0 bridgehead atoms. The number of carbonyl (C=O) groups excluding carboxylic acids is 2. The molecule has 1 heterocycles. The summed E-state index contributed by atoms with van der Waals surface area (Å²) in [7, 11) is 0. The maximum absolute atomic E-state index is 12.2. The van der Waals surface area contributed by atoms with Gasteiger partial charge >= 0.3 is 0 Å². The first kappa shape index (κ1) is 21.7. The lowest BCUT2D eigenvalue weighted by molar-refractivity contribution is -0.126. The Bertz CT molecular complexity index is 871. The highest BCUT2D eigenvalue weighted by Gasteiger charge is 2.22. The van der Waals surface area contributed by atoms with E-state index in [2.05, 4.69) is 10.4 Å².